The number of rotatable bonds is 7. The van der Waals surface area contributed by atoms with Crippen LogP contribution in [0.2, 0.25) is 0 Å². The van der Waals surface area contributed by atoms with Gasteiger partial charge >= 0.3 is 0 Å². The van der Waals surface area contributed by atoms with Gasteiger partial charge in [0.2, 0.25) is 6.79 Å². The quantitative estimate of drug-likeness (QED) is 0.474. The average Bonchev–Trinajstić information content (AvgIpc) is 3.63. The Morgan fingerprint density at radius 1 is 1.06 bits per heavy atom. The molecule has 8 heteroatoms. The molecule has 2 amide bonds. The van der Waals surface area contributed by atoms with E-state index in [2.05, 4.69) is 5.32 Å². The van der Waals surface area contributed by atoms with Crippen molar-refractivity contribution in [2.45, 2.75) is 51.1 Å². The highest BCUT2D eigenvalue weighted by Crippen LogP contribution is 2.38. The number of nitrogens with zero attached hydrogens (tertiary/aromatic N) is 1. The van der Waals surface area contributed by atoms with Crippen molar-refractivity contribution in [1.82, 2.24) is 5.32 Å². The minimum atomic E-state index is -1.01. The number of amides is 2. The molecule has 5 rings (SSSR count). The highest BCUT2D eigenvalue weighted by molar-refractivity contribution is 6.08. The molecule has 8 nitrogen and oxygen atoms in total. The second kappa shape index (κ2) is 10.1. The Labute approximate surface area is 203 Å². The zero-order chi connectivity index (χ0) is 24.2. The van der Waals surface area contributed by atoms with E-state index < -0.39 is 11.9 Å². The van der Waals surface area contributed by atoms with Crippen molar-refractivity contribution in [2.75, 3.05) is 11.7 Å². The molecule has 35 heavy (non-hydrogen) atoms. The van der Waals surface area contributed by atoms with Crippen molar-refractivity contribution in [3.8, 4) is 11.5 Å². The van der Waals surface area contributed by atoms with Gasteiger partial charge in [0.15, 0.2) is 17.5 Å². The molecule has 3 aromatic rings. The Balaban J connectivity index is 1.52. The van der Waals surface area contributed by atoms with E-state index >= 15 is 0 Å². The Bertz CT molecular complexity index is 1210. The van der Waals surface area contributed by atoms with Gasteiger partial charge in [0.1, 0.15) is 17.3 Å². The molecule has 1 aliphatic heterocycles. The van der Waals surface area contributed by atoms with Crippen molar-refractivity contribution in [1.29, 1.82) is 0 Å². The molecule has 0 spiro atoms. The number of carbonyl (C=O) groups excluding carboxylic acids is 2. The molecule has 1 saturated carbocycles. The fraction of sp³-hybridized carbons (Fsp3) is 0.333. The summed E-state index contributed by atoms with van der Waals surface area (Å²) in [6.07, 6.45) is 9.66. The predicted molar refractivity (Wildman–Crippen MR) is 129 cm³/mol. The summed E-state index contributed by atoms with van der Waals surface area (Å²) in [5.74, 6) is 2.05. The first-order valence-corrected chi connectivity index (χ1v) is 11.9. The molecule has 0 radical (unpaired) electrons. The molecule has 1 unspecified atom stereocenters. The van der Waals surface area contributed by atoms with E-state index in [4.69, 9.17) is 18.3 Å². The van der Waals surface area contributed by atoms with Gasteiger partial charge in [-0.1, -0.05) is 19.3 Å². The van der Waals surface area contributed by atoms with Crippen LogP contribution in [0.25, 0.3) is 6.08 Å². The molecule has 2 aromatic heterocycles. The summed E-state index contributed by atoms with van der Waals surface area (Å²) >= 11 is 0. The van der Waals surface area contributed by atoms with Crippen molar-refractivity contribution in [3.05, 3.63) is 72.1 Å². The summed E-state index contributed by atoms with van der Waals surface area (Å²) in [5.41, 5.74) is 0.486. The largest absolute Gasteiger partial charge is 0.467 e. The van der Waals surface area contributed by atoms with E-state index in [1.807, 2.05) is 13.0 Å². The first-order chi connectivity index (χ1) is 17.1. The maximum absolute atomic E-state index is 13.7. The van der Waals surface area contributed by atoms with E-state index in [1.165, 1.54) is 23.7 Å². The maximum Gasteiger partial charge on any atom is 0.252 e. The molecule has 1 atom stereocenters. The summed E-state index contributed by atoms with van der Waals surface area (Å²) in [4.78, 5) is 28.8. The second-order valence-electron chi connectivity index (χ2n) is 8.79. The number of carbonyl (C=O) groups is 2. The number of furan rings is 2. The number of nitrogens with one attached hydrogen (secondary N) is 1. The topological polar surface area (TPSA) is 94.2 Å². The first kappa shape index (κ1) is 22.8. The van der Waals surface area contributed by atoms with Crippen LogP contribution in [0.15, 0.2) is 63.6 Å². The number of benzene rings is 1. The molecule has 1 aliphatic carbocycles. The SMILES string of the molecule is Cc1ccc(C=CC(=O)N(c2ccc3c(c2)OCO3)C(C(=O)NC2CCCCC2)c2ccco2)o1. The summed E-state index contributed by atoms with van der Waals surface area (Å²) in [5, 5.41) is 3.15. The molecule has 0 bridgehead atoms. The van der Waals surface area contributed by atoms with Gasteiger partial charge < -0.3 is 23.6 Å². The first-order valence-electron chi connectivity index (χ1n) is 11.9. The Hall–Kier alpha value is -3.94. The van der Waals surface area contributed by atoms with Crippen LogP contribution in [0.4, 0.5) is 5.69 Å². The molecule has 1 aromatic carbocycles. The van der Waals surface area contributed by atoms with E-state index in [0.29, 0.717) is 28.7 Å². The van der Waals surface area contributed by atoms with Gasteiger partial charge in [0, 0.05) is 23.9 Å². The number of aryl methyl sites for hydroxylation is 1. The van der Waals surface area contributed by atoms with Gasteiger partial charge in [-0.05, 0) is 62.2 Å². The standard InChI is InChI=1S/C27H28N2O6/c1-18-9-11-21(35-18)12-14-25(30)29(20-10-13-22-24(16-20)34-17-33-22)26(23-8-5-15-32-23)27(31)28-19-6-3-2-4-7-19/h5,8-16,19,26H,2-4,6-7,17H2,1H3,(H,28,31). The van der Waals surface area contributed by atoms with Crippen LogP contribution in [0, 0.1) is 6.92 Å². The van der Waals surface area contributed by atoms with Crippen molar-refractivity contribution < 1.29 is 27.9 Å². The molecular formula is C27H28N2O6. The van der Waals surface area contributed by atoms with Crippen molar-refractivity contribution >= 4 is 23.6 Å². The monoisotopic (exact) mass is 476 g/mol. The minimum Gasteiger partial charge on any atom is -0.467 e. The van der Waals surface area contributed by atoms with Gasteiger partial charge in [0.25, 0.3) is 11.8 Å². The van der Waals surface area contributed by atoms with Gasteiger partial charge in [-0.25, -0.2) is 0 Å². The Morgan fingerprint density at radius 2 is 1.89 bits per heavy atom. The highest BCUT2D eigenvalue weighted by Gasteiger charge is 2.36. The number of anilines is 1. The van der Waals surface area contributed by atoms with Crippen LogP contribution < -0.4 is 19.7 Å². The molecule has 2 aliphatic rings. The van der Waals surface area contributed by atoms with Crippen LogP contribution >= 0.6 is 0 Å². The van der Waals surface area contributed by atoms with Crippen molar-refractivity contribution in [2.24, 2.45) is 0 Å². The van der Waals surface area contributed by atoms with E-state index in [1.54, 1.807) is 42.5 Å². The summed E-state index contributed by atoms with van der Waals surface area (Å²) < 4.78 is 22.2. The van der Waals surface area contributed by atoms with Gasteiger partial charge in [-0.2, -0.15) is 0 Å². The fourth-order valence-electron chi connectivity index (χ4n) is 4.56. The second-order valence-corrected chi connectivity index (χ2v) is 8.79. The van der Waals surface area contributed by atoms with Gasteiger partial charge in [-0.3, -0.25) is 14.5 Å². The number of hydrogen-bond donors (Lipinski definition) is 1. The highest BCUT2D eigenvalue weighted by atomic mass is 16.7. The molecule has 3 heterocycles. The smallest absolute Gasteiger partial charge is 0.252 e. The predicted octanol–water partition coefficient (Wildman–Crippen LogP) is 5.15. The molecule has 182 valence electrons. The van der Waals surface area contributed by atoms with E-state index in [9.17, 15) is 9.59 Å². The number of hydrogen-bond acceptors (Lipinski definition) is 6. The minimum absolute atomic E-state index is 0.0732. The van der Waals surface area contributed by atoms with Crippen LogP contribution in [0.1, 0.15) is 55.4 Å². The van der Waals surface area contributed by atoms with E-state index in [-0.39, 0.29) is 18.7 Å². The fourth-order valence-corrected chi connectivity index (χ4v) is 4.56. The lowest BCUT2D eigenvalue weighted by Gasteiger charge is -2.31. The van der Waals surface area contributed by atoms with Crippen molar-refractivity contribution in [3.63, 3.8) is 0 Å². The molecule has 1 N–H and O–H groups in total. The van der Waals surface area contributed by atoms with Gasteiger partial charge in [-0.15, -0.1) is 0 Å². The number of ether oxygens (including phenoxy) is 2. The number of fused-ring (bicyclic) bond motifs is 1. The third-order valence-corrected chi connectivity index (χ3v) is 6.29. The average molecular weight is 477 g/mol. The summed E-state index contributed by atoms with van der Waals surface area (Å²) in [6, 6.07) is 11.3. The zero-order valence-electron chi connectivity index (χ0n) is 19.6. The summed E-state index contributed by atoms with van der Waals surface area (Å²) in [6.45, 7) is 1.94. The van der Waals surface area contributed by atoms with E-state index in [0.717, 1.165) is 31.4 Å². The van der Waals surface area contributed by atoms with Crippen LogP contribution in [-0.4, -0.2) is 24.6 Å². The maximum atomic E-state index is 13.7. The zero-order valence-corrected chi connectivity index (χ0v) is 19.6. The van der Waals surface area contributed by atoms with Gasteiger partial charge in [0.05, 0.1) is 6.26 Å². The lowest BCUT2D eigenvalue weighted by atomic mass is 9.95. The van der Waals surface area contributed by atoms with Crippen LogP contribution in [0.3, 0.4) is 0 Å². The molecule has 1 fully saturated rings. The lowest BCUT2D eigenvalue weighted by molar-refractivity contribution is -0.126. The molecular weight excluding hydrogens is 448 g/mol. The molecule has 0 saturated heterocycles. The Morgan fingerprint density at radius 3 is 2.63 bits per heavy atom. The third kappa shape index (κ3) is 5.11. The van der Waals surface area contributed by atoms with Crippen LogP contribution in [0.5, 0.6) is 11.5 Å². The summed E-state index contributed by atoms with van der Waals surface area (Å²) in [7, 11) is 0. The third-order valence-electron chi connectivity index (χ3n) is 6.29. The van der Waals surface area contributed by atoms with Crippen LogP contribution in [-0.2, 0) is 9.59 Å². The normalized spacial score (nSPS) is 16.4. The Kier molecular flexibility index (Phi) is 6.61. The lowest BCUT2D eigenvalue weighted by Crippen LogP contribution is -2.46.